The molecule has 0 atom stereocenters. The van der Waals surface area contributed by atoms with Gasteiger partial charge in [0.1, 0.15) is 6.10 Å². The van der Waals surface area contributed by atoms with E-state index >= 15 is 0 Å². The predicted octanol–water partition coefficient (Wildman–Crippen LogP) is 6.12. The lowest BCUT2D eigenvalue weighted by Gasteiger charge is -2.36. The molecule has 2 aromatic carbocycles. The van der Waals surface area contributed by atoms with Crippen molar-refractivity contribution < 1.29 is 29.1 Å². The number of benzene rings is 2. The number of carbonyl (C=O) groups is 2. The summed E-state index contributed by atoms with van der Waals surface area (Å²) in [4.78, 5) is 32.7. The van der Waals surface area contributed by atoms with Gasteiger partial charge < -0.3 is 4.74 Å². The van der Waals surface area contributed by atoms with Crippen molar-refractivity contribution in [3.8, 4) is 11.1 Å². The molecule has 1 aliphatic carbocycles. The topological polar surface area (TPSA) is 71.1 Å². The molecule has 1 aliphatic rings. The van der Waals surface area contributed by atoms with Crippen LogP contribution in [0.4, 0.5) is 4.79 Å². The minimum atomic E-state index is -1.01. The zero-order valence-corrected chi connectivity index (χ0v) is 17.6. The quantitative estimate of drug-likeness (QED) is 0.335. The molecular weight excluding hydrogens is 384 g/mol. The molecule has 30 heavy (non-hydrogen) atoms. The van der Waals surface area contributed by atoms with E-state index in [1.165, 1.54) is 0 Å². The van der Waals surface area contributed by atoms with Crippen LogP contribution in [0.15, 0.2) is 54.6 Å². The van der Waals surface area contributed by atoms with Crippen LogP contribution in [0.1, 0.15) is 56.8 Å². The first-order chi connectivity index (χ1) is 14.3. The zero-order valence-electron chi connectivity index (χ0n) is 17.6. The van der Waals surface area contributed by atoms with Crippen LogP contribution >= 0.6 is 0 Å². The molecular formula is C24H28O6. The molecule has 0 bridgehead atoms. The Morgan fingerprint density at radius 2 is 1.40 bits per heavy atom. The van der Waals surface area contributed by atoms with Crippen LogP contribution in [0.2, 0.25) is 0 Å². The lowest BCUT2D eigenvalue weighted by Crippen LogP contribution is -2.30. The van der Waals surface area contributed by atoms with Gasteiger partial charge in [0.2, 0.25) is 0 Å². The molecule has 3 rings (SSSR count). The summed E-state index contributed by atoms with van der Waals surface area (Å²) >= 11 is 0. The largest absolute Gasteiger partial charge is 0.543 e. The molecule has 6 nitrogen and oxygen atoms in total. The van der Waals surface area contributed by atoms with Crippen molar-refractivity contribution in [1.82, 2.24) is 0 Å². The lowest BCUT2D eigenvalue weighted by atomic mass is 9.72. The molecule has 160 valence electrons. The fourth-order valence-electron chi connectivity index (χ4n) is 3.76. The summed E-state index contributed by atoms with van der Waals surface area (Å²) in [7, 11) is 0. The van der Waals surface area contributed by atoms with Crippen LogP contribution in [0.3, 0.4) is 0 Å². The first-order valence-electron chi connectivity index (χ1n) is 10.2. The van der Waals surface area contributed by atoms with Gasteiger partial charge in [-0.2, -0.15) is 0 Å². The fourth-order valence-corrected chi connectivity index (χ4v) is 3.76. The molecule has 0 N–H and O–H groups in total. The Morgan fingerprint density at radius 3 is 2.00 bits per heavy atom. The van der Waals surface area contributed by atoms with Crippen LogP contribution in [0.5, 0.6) is 0 Å². The Bertz CT molecular complexity index is 830. The van der Waals surface area contributed by atoms with Crippen LogP contribution in [0, 0.1) is 11.3 Å². The minimum absolute atomic E-state index is 0.207. The molecule has 0 aliphatic heterocycles. The second-order valence-corrected chi connectivity index (χ2v) is 8.67. The van der Waals surface area contributed by atoms with Gasteiger partial charge in [0, 0.05) is 0 Å². The van der Waals surface area contributed by atoms with E-state index in [0.717, 1.165) is 36.8 Å². The van der Waals surface area contributed by atoms with Crippen molar-refractivity contribution in [2.75, 3.05) is 0 Å². The SMILES string of the molecule is CC(C)(C)C1CCC(OC(=O)OOOC(=O)c2ccc(-c3ccccc3)cc2)CC1. The molecule has 2 aromatic rings. The predicted molar refractivity (Wildman–Crippen MR) is 111 cm³/mol. The number of hydrogen-bond acceptors (Lipinski definition) is 6. The van der Waals surface area contributed by atoms with Crippen molar-refractivity contribution in [1.29, 1.82) is 0 Å². The Kier molecular flexibility index (Phi) is 7.11. The van der Waals surface area contributed by atoms with Gasteiger partial charge in [-0.1, -0.05) is 63.2 Å². The molecule has 0 saturated heterocycles. The monoisotopic (exact) mass is 412 g/mol. The van der Waals surface area contributed by atoms with Gasteiger partial charge in [-0.3, -0.25) is 4.89 Å². The standard InChI is InChI=1S/C24H28O6/c1-24(2,3)20-13-15-21(16-14-20)27-23(26)29-30-28-22(25)19-11-9-18(10-12-19)17-7-5-4-6-8-17/h4-12,20-21H,13-16H2,1-3H3. The maximum Gasteiger partial charge on any atom is 0.543 e. The molecule has 0 aromatic heterocycles. The van der Waals surface area contributed by atoms with Crippen LogP contribution in [-0.2, 0) is 19.6 Å². The normalized spacial score (nSPS) is 19.0. The van der Waals surface area contributed by atoms with Crippen LogP contribution in [0.25, 0.3) is 11.1 Å². The highest BCUT2D eigenvalue weighted by atomic mass is 17.5. The summed E-state index contributed by atoms with van der Waals surface area (Å²) in [6, 6.07) is 16.6. The van der Waals surface area contributed by atoms with E-state index < -0.39 is 12.1 Å². The van der Waals surface area contributed by atoms with Gasteiger partial charge in [-0.15, -0.1) is 0 Å². The van der Waals surface area contributed by atoms with E-state index in [4.69, 9.17) is 4.74 Å². The summed E-state index contributed by atoms with van der Waals surface area (Å²) < 4.78 is 5.23. The second-order valence-electron chi connectivity index (χ2n) is 8.67. The maximum absolute atomic E-state index is 12.0. The van der Waals surface area contributed by atoms with E-state index in [1.807, 2.05) is 30.3 Å². The average Bonchev–Trinajstić information content (AvgIpc) is 2.74. The number of ether oxygens (including phenoxy) is 1. The Labute approximate surface area is 176 Å². The fraction of sp³-hybridized carbons (Fsp3) is 0.417. The van der Waals surface area contributed by atoms with E-state index in [2.05, 4.69) is 35.6 Å². The van der Waals surface area contributed by atoms with Crippen molar-refractivity contribution in [2.45, 2.75) is 52.6 Å². The Balaban J connectivity index is 1.39. The van der Waals surface area contributed by atoms with Gasteiger partial charge in [-0.25, -0.2) is 14.5 Å². The lowest BCUT2D eigenvalue weighted by molar-refractivity contribution is -0.453. The van der Waals surface area contributed by atoms with Gasteiger partial charge in [0.05, 0.1) is 10.6 Å². The van der Waals surface area contributed by atoms with Crippen molar-refractivity contribution in [2.24, 2.45) is 11.3 Å². The Morgan fingerprint density at radius 1 is 0.800 bits per heavy atom. The van der Waals surface area contributed by atoms with Crippen molar-refractivity contribution >= 4 is 12.1 Å². The first-order valence-corrected chi connectivity index (χ1v) is 10.2. The highest BCUT2D eigenvalue weighted by molar-refractivity contribution is 5.89. The minimum Gasteiger partial charge on any atom is -0.429 e. The number of rotatable bonds is 5. The van der Waals surface area contributed by atoms with Crippen molar-refractivity contribution in [3.63, 3.8) is 0 Å². The maximum atomic E-state index is 12.0. The smallest absolute Gasteiger partial charge is 0.429 e. The third kappa shape index (κ3) is 6.07. The average molecular weight is 412 g/mol. The number of hydrogen-bond donors (Lipinski definition) is 0. The Hall–Kier alpha value is -2.86. The van der Waals surface area contributed by atoms with E-state index in [1.54, 1.807) is 24.3 Å². The molecule has 6 heteroatoms. The summed E-state index contributed by atoms with van der Waals surface area (Å²) in [6.45, 7) is 6.68. The first kappa shape index (κ1) is 21.8. The highest BCUT2D eigenvalue weighted by Gasteiger charge is 2.31. The van der Waals surface area contributed by atoms with Crippen LogP contribution < -0.4 is 0 Å². The molecule has 0 amide bonds. The van der Waals surface area contributed by atoms with Crippen molar-refractivity contribution in [3.05, 3.63) is 60.2 Å². The summed E-state index contributed by atoms with van der Waals surface area (Å²) in [5.41, 5.74) is 2.53. The molecule has 1 fully saturated rings. The van der Waals surface area contributed by atoms with E-state index in [0.29, 0.717) is 5.92 Å². The van der Waals surface area contributed by atoms with E-state index in [9.17, 15) is 9.59 Å². The van der Waals surface area contributed by atoms with Gasteiger partial charge in [0.25, 0.3) is 0 Å². The highest BCUT2D eigenvalue weighted by Crippen LogP contribution is 2.38. The molecule has 0 radical (unpaired) electrons. The summed E-state index contributed by atoms with van der Waals surface area (Å²) in [5, 5.41) is 4.32. The summed E-state index contributed by atoms with van der Waals surface area (Å²) in [6.07, 6.45) is 2.34. The molecule has 1 saturated carbocycles. The second kappa shape index (κ2) is 9.76. The van der Waals surface area contributed by atoms with Crippen LogP contribution in [-0.4, -0.2) is 18.2 Å². The zero-order chi connectivity index (χ0) is 21.6. The third-order valence-corrected chi connectivity index (χ3v) is 5.60. The molecule has 0 unspecified atom stereocenters. The third-order valence-electron chi connectivity index (χ3n) is 5.60. The van der Waals surface area contributed by atoms with E-state index in [-0.39, 0.29) is 17.1 Å². The molecule has 0 spiro atoms. The van der Waals surface area contributed by atoms with Gasteiger partial charge >= 0.3 is 12.1 Å². The van der Waals surface area contributed by atoms with Gasteiger partial charge in [-0.05, 0) is 60.3 Å². The van der Waals surface area contributed by atoms with Gasteiger partial charge in [0.15, 0.2) is 0 Å². The number of carbonyl (C=O) groups excluding carboxylic acids is 2. The molecule has 0 heterocycles. The summed E-state index contributed by atoms with van der Waals surface area (Å²) in [5.74, 6) is -0.160.